The van der Waals surface area contributed by atoms with Crippen molar-refractivity contribution in [1.82, 2.24) is 9.55 Å². The van der Waals surface area contributed by atoms with Crippen LogP contribution in [0.2, 0.25) is 0 Å². The van der Waals surface area contributed by atoms with E-state index in [2.05, 4.69) is 13.9 Å². The van der Waals surface area contributed by atoms with Crippen molar-refractivity contribution in [1.29, 1.82) is 0 Å². The van der Waals surface area contributed by atoms with Gasteiger partial charge in [-0.1, -0.05) is 0 Å². The highest BCUT2D eigenvalue weighted by molar-refractivity contribution is 7.53. The molecule has 2 fully saturated rings. The number of aryl methyl sites for hydroxylation is 1. The highest BCUT2D eigenvalue weighted by atomic mass is 31.2. The van der Waals surface area contributed by atoms with E-state index >= 15 is 0 Å². The van der Waals surface area contributed by atoms with Crippen molar-refractivity contribution in [3.8, 4) is 0 Å². The van der Waals surface area contributed by atoms with E-state index in [0.29, 0.717) is 5.56 Å². The fourth-order valence-electron chi connectivity index (χ4n) is 2.17. The maximum atomic E-state index is 11.8. The third kappa shape index (κ3) is 2.96. The molecule has 0 unspecified atom stereocenters. The molecule has 0 bridgehead atoms. The average molecular weight is 331 g/mol. The van der Waals surface area contributed by atoms with Gasteiger partial charge in [0.25, 0.3) is 5.56 Å². The van der Waals surface area contributed by atoms with Crippen LogP contribution in [-0.4, -0.2) is 41.2 Å². The Bertz CT molecular complexity index is 724. The Morgan fingerprint density at radius 1 is 1.55 bits per heavy atom. The molecule has 1 aromatic rings. The number of aliphatic hydroxyl groups is 1. The summed E-state index contributed by atoms with van der Waals surface area (Å²) >= 11 is 0. The molecular formula is C10H13BN2O8P. The molecule has 2 saturated heterocycles. The van der Waals surface area contributed by atoms with Gasteiger partial charge in [-0.3, -0.25) is 18.9 Å². The van der Waals surface area contributed by atoms with Crippen LogP contribution in [0.5, 0.6) is 0 Å². The van der Waals surface area contributed by atoms with E-state index in [1.54, 1.807) is 6.92 Å². The Hall–Kier alpha value is -1.23. The van der Waals surface area contributed by atoms with E-state index < -0.39 is 37.5 Å². The van der Waals surface area contributed by atoms with Gasteiger partial charge in [0.05, 0.1) is 12.7 Å². The molecule has 119 valence electrons. The SMILES string of the molecule is Cc1cn([C@H]2C[C@H](O)[C@@H](COP3(=O)O[B]O3)O2)c(=O)[nH]c1=O. The second kappa shape index (κ2) is 5.76. The number of nitrogens with zero attached hydrogens (tertiary/aromatic N) is 1. The standard InChI is InChI=1S/C10H13BN2O8P/c1-5-3-13(10(16)12-9(5)15)8-2-6(14)7(19-8)4-18-22(17)20-11-21-22/h3,6-8,14H,2,4H2,1H3,(H,12,15,16)/t6-,7+,8+/m0/s1. The van der Waals surface area contributed by atoms with Gasteiger partial charge in [-0.25, -0.2) is 9.36 Å². The molecule has 3 heterocycles. The Labute approximate surface area is 124 Å². The van der Waals surface area contributed by atoms with Gasteiger partial charge in [0.15, 0.2) is 0 Å². The summed E-state index contributed by atoms with van der Waals surface area (Å²) in [6, 6.07) is 0. The van der Waals surface area contributed by atoms with Crippen molar-refractivity contribution in [3.05, 3.63) is 32.6 Å². The van der Waals surface area contributed by atoms with Gasteiger partial charge in [0.2, 0.25) is 0 Å². The highest BCUT2D eigenvalue weighted by Crippen LogP contribution is 2.55. The molecule has 3 rings (SSSR count). The molecule has 12 heteroatoms. The monoisotopic (exact) mass is 331 g/mol. The Morgan fingerprint density at radius 2 is 2.27 bits per heavy atom. The minimum atomic E-state index is -3.55. The zero-order valence-corrected chi connectivity index (χ0v) is 12.4. The van der Waals surface area contributed by atoms with Crippen LogP contribution in [0.15, 0.2) is 15.8 Å². The molecule has 0 saturated carbocycles. The predicted octanol–water partition coefficient (Wildman–Crippen LogP) is -0.801. The summed E-state index contributed by atoms with van der Waals surface area (Å²) in [5, 5.41) is 9.95. The Kier molecular flexibility index (Phi) is 4.10. The summed E-state index contributed by atoms with van der Waals surface area (Å²) in [7, 11) is -2.66. The molecule has 2 N–H and O–H groups in total. The number of H-pyrrole nitrogens is 1. The molecule has 3 atom stereocenters. The smallest absolute Gasteiger partial charge is 0.390 e. The molecule has 1 aromatic heterocycles. The fraction of sp³-hybridized carbons (Fsp3) is 0.600. The number of rotatable bonds is 4. The molecular weight excluding hydrogens is 318 g/mol. The third-order valence-corrected chi connectivity index (χ3v) is 4.56. The summed E-state index contributed by atoms with van der Waals surface area (Å²) in [4.78, 5) is 25.3. The number of aromatic amines is 1. The van der Waals surface area contributed by atoms with E-state index in [4.69, 9.17) is 9.26 Å². The second-order valence-corrected chi connectivity index (χ2v) is 6.54. The molecule has 0 aliphatic carbocycles. The molecule has 0 aromatic carbocycles. The van der Waals surface area contributed by atoms with Crippen molar-refractivity contribution in [2.75, 3.05) is 6.61 Å². The number of hydrogen-bond acceptors (Lipinski definition) is 8. The van der Waals surface area contributed by atoms with Crippen molar-refractivity contribution in [2.45, 2.75) is 31.8 Å². The quantitative estimate of drug-likeness (QED) is 0.542. The third-order valence-electron chi connectivity index (χ3n) is 3.40. The number of nitrogens with one attached hydrogen (secondary N) is 1. The van der Waals surface area contributed by atoms with Gasteiger partial charge in [0, 0.05) is 18.2 Å². The first-order chi connectivity index (χ1) is 10.4. The van der Waals surface area contributed by atoms with Gasteiger partial charge in [-0.2, -0.15) is 0 Å². The van der Waals surface area contributed by atoms with Crippen LogP contribution in [-0.2, 0) is 22.7 Å². The lowest BCUT2D eigenvalue weighted by Crippen LogP contribution is -2.33. The van der Waals surface area contributed by atoms with E-state index in [-0.39, 0.29) is 13.0 Å². The Morgan fingerprint density at radius 3 is 2.91 bits per heavy atom. The second-order valence-electron chi connectivity index (χ2n) is 4.96. The van der Waals surface area contributed by atoms with E-state index in [1.165, 1.54) is 10.8 Å². The summed E-state index contributed by atoms with van der Waals surface area (Å²) in [6.45, 7) is 1.33. The van der Waals surface area contributed by atoms with Gasteiger partial charge in [-0.05, 0) is 6.92 Å². The topological polar surface area (TPSA) is 129 Å². The molecule has 2 aliphatic heterocycles. The lowest BCUT2D eigenvalue weighted by Gasteiger charge is -2.25. The van der Waals surface area contributed by atoms with Crippen LogP contribution >= 0.6 is 7.82 Å². The lowest BCUT2D eigenvalue weighted by molar-refractivity contribution is -0.0463. The molecule has 0 spiro atoms. The maximum Gasteiger partial charge on any atom is 0.505 e. The zero-order valence-electron chi connectivity index (χ0n) is 11.5. The van der Waals surface area contributed by atoms with E-state index in [0.717, 1.165) is 7.69 Å². The van der Waals surface area contributed by atoms with Crippen LogP contribution < -0.4 is 11.2 Å². The van der Waals surface area contributed by atoms with Crippen molar-refractivity contribution in [2.24, 2.45) is 0 Å². The first-order valence-corrected chi connectivity index (χ1v) is 7.93. The molecule has 1 radical (unpaired) electrons. The number of phosphoric acid groups is 1. The summed E-state index contributed by atoms with van der Waals surface area (Å²) < 4.78 is 32.2. The van der Waals surface area contributed by atoms with Gasteiger partial charge in [0.1, 0.15) is 12.3 Å². The summed E-state index contributed by atoms with van der Waals surface area (Å²) in [5.41, 5.74) is -0.774. The minimum absolute atomic E-state index is 0.123. The van der Waals surface area contributed by atoms with Crippen LogP contribution in [0.3, 0.4) is 0 Å². The molecule has 10 nitrogen and oxygen atoms in total. The normalized spacial score (nSPS) is 29.8. The van der Waals surface area contributed by atoms with Gasteiger partial charge in [-0.15, -0.1) is 0 Å². The molecule has 0 amide bonds. The number of ether oxygens (including phenoxy) is 1. The number of aromatic nitrogens is 2. The van der Waals surface area contributed by atoms with E-state index in [1.807, 2.05) is 0 Å². The van der Waals surface area contributed by atoms with Crippen LogP contribution in [0, 0.1) is 6.92 Å². The Balaban J connectivity index is 1.70. The van der Waals surface area contributed by atoms with Crippen molar-refractivity contribution in [3.63, 3.8) is 0 Å². The van der Waals surface area contributed by atoms with Crippen molar-refractivity contribution >= 4 is 15.5 Å². The van der Waals surface area contributed by atoms with Crippen LogP contribution in [0.25, 0.3) is 0 Å². The van der Waals surface area contributed by atoms with Crippen LogP contribution in [0.4, 0.5) is 0 Å². The highest BCUT2D eigenvalue weighted by Gasteiger charge is 2.42. The van der Waals surface area contributed by atoms with E-state index in [9.17, 15) is 19.3 Å². The van der Waals surface area contributed by atoms with Crippen molar-refractivity contribution < 1.29 is 27.8 Å². The maximum absolute atomic E-state index is 11.8. The first kappa shape index (κ1) is 15.7. The first-order valence-electron chi connectivity index (χ1n) is 6.46. The van der Waals surface area contributed by atoms with Gasteiger partial charge >= 0.3 is 21.2 Å². The molecule has 22 heavy (non-hydrogen) atoms. The summed E-state index contributed by atoms with van der Waals surface area (Å²) in [6.07, 6.45) is -1.01. The average Bonchev–Trinajstić information content (AvgIpc) is 2.79. The number of hydrogen-bond donors (Lipinski definition) is 2. The fourth-order valence-corrected chi connectivity index (χ4v) is 2.85. The van der Waals surface area contributed by atoms with Crippen LogP contribution in [0.1, 0.15) is 18.2 Å². The summed E-state index contributed by atoms with van der Waals surface area (Å²) in [5.74, 6) is 0. The predicted molar refractivity (Wildman–Crippen MR) is 72.1 cm³/mol. The van der Waals surface area contributed by atoms with Gasteiger partial charge < -0.3 is 18.7 Å². The molecule has 2 aliphatic rings. The largest absolute Gasteiger partial charge is 0.505 e. The minimum Gasteiger partial charge on any atom is -0.390 e. The number of aliphatic hydroxyl groups excluding tert-OH is 1. The lowest BCUT2D eigenvalue weighted by atomic mass is 10.2. The zero-order chi connectivity index (χ0) is 15.9.